The molecular weight excluding hydrogens is 321 g/mol. The summed E-state index contributed by atoms with van der Waals surface area (Å²) in [5.74, 6) is 0.330. The number of ether oxygens (including phenoxy) is 1. The van der Waals surface area contributed by atoms with Crippen LogP contribution in [0, 0.1) is 11.7 Å². The second-order valence-electron chi connectivity index (χ2n) is 6.90. The Morgan fingerprint density at radius 1 is 1.24 bits per heavy atom. The van der Waals surface area contributed by atoms with Gasteiger partial charge in [0, 0.05) is 31.7 Å². The van der Waals surface area contributed by atoms with Gasteiger partial charge < -0.3 is 15.0 Å². The van der Waals surface area contributed by atoms with E-state index in [2.05, 4.69) is 10.2 Å². The number of amides is 1. The van der Waals surface area contributed by atoms with Crippen molar-refractivity contribution >= 4 is 5.91 Å². The number of nitrogens with zero attached hydrogens (tertiary/aromatic N) is 2. The molecule has 1 N–H and O–H groups in total. The molecule has 5 nitrogen and oxygen atoms in total. The minimum absolute atomic E-state index is 0.0231. The van der Waals surface area contributed by atoms with Gasteiger partial charge in [-0.15, -0.1) is 0 Å². The van der Waals surface area contributed by atoms with Gasteiger partial charge in [-0.25, -0.2) is 4.39 Å². The summed E-state index contributed by atoms with van der Waals surface area (Å²) in [6.07, 6.45) is 2.00. The molecule has 138 valence electrons. The molecule has 2 saturated heterocycles. The molecule has 6 heteroatoms. The third-order valence-electron chi connectivity index (χ3n) is 5.26. The van der Waals surface area contributed by atoms with E-state index in [-0.39, 0.29) is 11.7 Å². The number of carbonyl (C=O) groups excluding carboxylic acids is 1. The van der Waals surface area contributed by atoms with E-state index in [1.54, 1.807) is 18.2 Å². The van der Waals surface area contributed by atoms with Crippen molar-refractivity contribution in [2.45, 2.75) is 18.9 Å². The van der Waals surface area contributed by atoms with Crippen molar-refractivity contribution in [3.63, 3.8) is 0 Å². The molecule has 2 heterocycles. The fraction of sp³-hybridized carbons (Fsp3) is 0.632. The van der Waals surface area contributed by atoms with Crippen LogP contribution in [0.15, 0.2) is 24.3 Å². The van der Waals surface area contributed by atoms with E-state index in [9.17, 15) is 9.18 Å². The molecule has 1 atom stereocenters. The molecule has 0 radical (unpaired) electrons. The highest BCUT2D eigenvalue weighted by atomic mass is 19.1. The third kappa shape index (κ3) is 4.37. The first-order chi connectivity index (χ1) is 12.2. The third-order valence-corrected chi connectivity index (χ3v) is 5.26. The summed E-state index contributed by atoms with van der Waals surface area (Å²) in [4.78, 5) is 17.3. The van der Waals surface area contributed by atoms with Crippen LogP contribution >= 0.6 is 0 Å². The van der Waals surface area contributed by atoms with E-state index >= 15 is 0 Å². The van der Waals surface area contributed by atoms with E-state index in [1.165, 1.54) is 6.07 Å². The minimum atomic E-state index is -0.550. The molecule has 1 aromatic carbocycles. The van der Waals surface area contributed by atoms with Crippen LogP contribution in [0.1, 0.15) is 24.4 Å². The highest BCUT2D eigenvalue weighted by Gasteiger charge is 2.35. The first-order valence-corrected chi connectivity index (χ1v) is 9.20. The number of rotatable bonds is 5. The number of hydrogen-bond donors (Lipinski definition) is 1. The van der Waals surface area contributed by atoms with Gasteiger partial charge in [0.05, 0.1) is 13.2 Å². The van der Waals surface area contributed by atoms with Gasteiger partial charge in [-0.2, -0.15) is 0 Å². The number of hydrogen-bond acceptors (Lipinski definition) is 4. The summed E-state index contributed by atoms with van der Waals surface area (Å²) in [5.41, 5.74) is 0.478. The number of benzene rings is 1. The summed E-state index contributed by atoms with van der Waals surface area (Å²) < 4.78 is 19.9. The van der Waals surface area contributed by atoms with E-state index in [4.69, 9.17) is 4.74 Å². The quantitative estimate of drug-likeness (QED) is 0.878. The van der Waals surface area contributed by atoms with Crippen molar-refractivity contribution < 1.29 is 13.9 Å². The number of halogens is 1. The SMILES string of the molecule is CNCC1CCN(C(=O)C(c2ccccc2F)N2CCOCC2)CC1. The molecule has 0 aromatic heterocycles. The van der Waals surface area contributed by atoms with Gasteiger partial charge in [-0.3, -0.25) is 9.69 Å². The Bertz CT molecular complexity index is 570. The van der Waals surface area contributed by atoms with Crippen LogP contribution in [0.2, 0.25) is 0 Å². The largest absolute Gasteiger partial charge is 0.379 e. The topological polar surface area (TPSA) is 44.8 Å². The summed E-state index contributed by atoms with van der Waals surface area (Å²) in [6.45, 7) is 4.97. The Morgan fingerprint density at radius 3 is 2.56 bits per heavy atom. The lowest BCUT2D eigenvalue weighted by molar-refractivity contribution is -0.140. The van der Waals surface area contributed by atoms with Gasteiger partial charge in [0.2, 0.25) is 5.91 Å². The lowest BCUT2D eigenvalue weighted by atomic mass is 9.95. The highest BCUT2D eigenvalue weighted by molar-refractivity contribution is 5.83. The fourth-order valence-corrected chi connectivity index (χ4v) is 3.84. The van der Waals surface area contributed by atoms with E-state index < -0.39 is 6.04 Å². The number of carbonyl (C=O) groups is 1. The smallest absolute Gasteiger partial charge is 0.244 e. The monoisotopic (exact) mass is 349 g/mol. The van der Waals surface area contributed by atoms with Gasteiger partial charge in [0.1, 0.15) is 11.9 Å². The van der Waals surface area contributed by atoms with Crippen LogP contribution in [0.25, 0.3) is 0 Å². The molecule has 0 saturated carbocycles. The Morgan fingerprint density at radius 2 is 1.92 bits per heavy atom. The maximum Gasteiger partial charge on any atom is 0.244 e. The molecule has 1 aromatic rings. The molecule has 1 unspecified atom stereocenters. The lowest BCUT2D eigenvalue weighted by Gasteiger charge is -2.39. The molecule has 0 aliphatic carbocycles. The number of piperidine rings is 1. The van der Waals surface area contributed by atoms with Crippen LogP contribution < -0.4 is 5.32 Å². The maximum atomic E-state index is 14.4. The van der Waals surface area contributed by atoms with Crippen LogP contribution in [-0.2, 0) is 9.53 Å². The van der Waals surface area contributed by atoms with Crippen LogP contribution in [-0.4, -0.2) is 68.7 Å². The first-order valence-electron chi connectivity index (χ1n) is 9.20. The summed E-state index contributed by atoms with van der Waals surface area (Å²) in [7, 11) is 1.96. The van der Waals surface area contributed by atoms with Crippen molar-refractivity contribution in [3.8, 4) is 0 Å². The van der Waals surface area contributed by atoms with Gasteiger partial charge in [0.15, 0.2) is 0 Å². The van der Waals surface area contributed by atoms with Crippen molar-refractivity contribution in [3.05, 3.63) is 35.6 Å². The van der Waals surface area contributed by atoms with Gasteiger partial charge in [-0.1, -0.05) is 18.2 Å². The van der Waals surface area contributed by atoms with Crippen molar-refractivity contribution in [1.82, 2.24) is 15.1 Å². The fourth-order valence-electron chi connectivity index (χ4n) is 3.84. The highest BCUT2D eigenvalue weighted by Crippen LogP contribution is 2.28. The molecule has 2 fully saturated rings. The van der Waals surface area contributed by atoms with Crippen molar-refractivity contribution in [2.24, 2.45) is 5.92 Å². The predicted octanol–water partition coefficient (Wildman–Crippen LogP) is 1.66. The zero-order valence-corrected chi connectivity index (χ0v) is 14.9. The minimum Gasteiger partial charge on any atom is -0.379 e. The van der Waals surface area contributed by atoms with E-state index in [0.29, 0.717) is 37.8 Å². The molecule has 25 heavy (non-hydrogen) atoms. The molecule has 2 aliphatic heterocycles. The second-order valence-corrected chi connectivity index (χ2v) is 6.90. The molecule has 0 spiro atoms. The predicted molar refractivity (Wildman–Crippen MR) is 94.8 cm³/mol. The zero-order chi connectivity index (χ0) is 17.6. The maximum absolute atomic E-state index is 14.4. The Hall–Kier alpha value is -1.50. The number of morpholine rings is 1. The Labute approximate surface area is 149 Å². The van der Waals surface area contributed by atoms with Crippen LogP contribution in [0.3, 0.4) is 0 Å². The molecule has 1 amide bonds. The van der Waals surface area contributed by atoms with E-state index in [1.807, 2.05) is 11.9 Å². The summed E-state index contributed by atoms with van der Waals surface area (Å²) >= 11 is 0. The van der Waals surface area contributed by atoms with Gasteiger partial charge in [0.25, 0.3) is 0 Å². The van der Waals surface area contributed by atoms with Crippen molar-refractivity contribution in [1.29, 1.82) is 0 Å². The molecule has 2 aliphatic rings. The lowest BCUT2D eigenvalue weighted by Crippen LogP contribution is -2.49. The standard InChI is InChI=1S/C19H28FN3O2/c1-21-14-15-6-8-23(9-7-15)19(24)18(22-10-12-25-13-11-22)16-4-2-3-5-17(16)20/h2-5,15,18,21H,6-14H2,1H3. The molecular formula is C19H28FN3O2. The average Bonchev–Trinajstić information content (AvgIpc) is 2.65. The first kappa shape index (κ1) is 18.3. The average molecular weight is 349 g/mol. The van der Waals surface area contributed by atoms with Crippen LogP contribution in [0.5, 0.6) is 0 Å². The second kappa shape index (κ2) is 8.74. The summed E-state index contributed by atoms with van der Waals surface area (Å²) in [6, 6.07) is 6.10. The molecule has 0 bridgehead atoms. The number of likely N-dealkylation sites (tertiary alicyclic amines) is 1. The Kier molecular flexibility index (Phi) is 6.39. The van der Waals surface area contributed by atoms with E-state index in [0.717, 1.165) is 32.5 Å². The van der Waals surface area contributed by atoms with Crippen LogP contribution in [0.4, 0.5) is 4.39 Å². The normalized spacial score (nSPS) is 21.3. The zero-order valence-electron chi connectivity index (χ0n) is 14.9. The van der Waals surface area contributed by atoms with Crippen molar-refractivity contribution in [2.75, 3.05) is 53.0 Å². The van der Waals surface area contributed by atoms with Gasteiger partial charge in [-0.05, 0) is 38.4 Å². The van der Waals surface area contributed by atoms with Gasteiger partial charge >= 0.3 is 0 Å². The summed E-state index contributed by atoms with van der Waals surface area (Å²) in [5, 5.41) is 3.21. The Balaban J connectivity index is 1.77. The molecule has 3 rings (SSSR count). The number of nitrogens with one attached hydrogen (secondary N) is 1.